The second kappa shape index (κ2) is 6.06. The number of hydrogen-bond acceptors (Lipinski definition) is 4. The highest BCUT2D eigenvalue weighted by Gasteiger charge is 2.32. The first-order chi connectivity index (χ1) is 9.10. The molecular formula is C11H10F4O5. The molecule has 9 heteroatoms. The van der Waals surface area contributed by atoms with E-state index in [0.29, 0.717) is 18.2 Å². The van der Waals surface area contributed by atoms with Crippen LogP contribution in [0.1, 0.15) is 18.1 Å². The molecule has 0 aliphatic heterocycles. The van der Waals surface area contributed by atoms with E-state index in [1.165, 1.54) is 0 Å². The second-order valence-corrected chi connectivity index (χ2v) is 3.84. The molecule has 112 valence electrons. The van der Waals surface area contributed by atoms with E-state index in [1.807, 2.05) is 0 Å². The highest BCUT2D eigenvalue weighted by molar-refractivity contribution is 5.67. The molecule has 3 N–H and O–H groups in total. The van der Waals surface area contributed by atoms with Crippen molar-refractivity contribution in [1.29, 1.82) is 0 Å². The Labute approximate surface area is 110 Å². The van der Waals surface area contributed by atoms with Crippen LogP contribution in [0.4, 0.5) is 17.6 Å². The molecule has 0 fully saturated rings. The number of carbonyl (C=O) groups is 1. The van der Waals surface area contributed by atoms with Crippen molar-refractivity contribution in [2.75, 3.05) is 0 Å². The maximum absolute atomic E-state index is 13.4. The van der Waals surface area contributed by atoms with Gasteiger partial charge in [-0.3, -0.25) is 4.79 Å². The maximum Gasteiger partial charge on any atom is 0.573 e. The van der Waals surface area contributed by atoms with Crippen molar-refractivity contribution in [2.24, 2.45) is 0 Å². The molecule has 0 aliphatic carbocycles. The van der Waals surface area contributed by atoms with Crippen LogP contribution in [0.2, 0.25) is 0 Å². The molecule has 0 amide bonds. The van der Waals surface area contributed by atoms with Crippen LogP contribution in [0.15, 0.2) is 18.2 Å². The summed E-state index contributed by atoms with van der Waals surface area (Å²) in [6.45, 7) is 0. The van der Waals surface area contributed by atoms with Gasteiger partial charge in [-0.25, -0.2) is 4.39 Å². The van der Waals surface area contributed by atoms with Crippen LogP contribution in [-0.4, -0.2) is 33.8 Å². The van der Waals surface area contributed by atoms with E-state index in [2.05, 4.69) is 4.74 Å². The lowest BCUT2D eigenvalue weighted by Gasteiger charge is -2.18. The number of halogens is 4. The van der Waals surface area contributed by atoms with E-state index in [4.69, 9.17) is 5.11 Å². The summed E-state index contributed by atoms with van der Waals surface area (Å²) < 4.78 is 52.9. The van der Waals surface area contributed by atoms with Gasteiger partial charge in [0.1, 0.15) is 17.7 Å². The van der Waals surface area contributed by atoms with Gasteiger partial charge in [-0.2, -0.15) is 0 Å². The minimum absolute atomic E-state index is 0.540. The summed E-state index contributed by atoms with van der Waals surface area (Å²) in [5, 5.41) is 27.3. The molecule has 0 spiro atoms. The fraction of sp³-hybridized carbons (Fsp3) is 0.364. The molecule has 0 aliphatic rings. The first-order valence-corrected chi connectivity index (χ1v) is 5.23. The molecule has 1 aromatic rings. The highest BCUT2D eigenvalue weighted by atomic mass is 19.4. The molecule has 1 aromatic carbocycles. The third-order valence-electron chi connectivity index (χ3n) is 2.27. The zero-order valence-corrected chi connectivity index (χ0v) is 9.76. The fourth-order valence-corrected chi connectivity index (χ4v) is 1.44. The molecule has 0 heterocycles. The number of aliphatic carboxylic acids is 1. The summed E-state index contributed by atoms with van der Waals surface area (Å²) in [6, 6.07) is 1.83. The van der Waals surface area contributed by atoms with Gasteiger partial charge in [-0.15, -0.1) is 13.2 Å². The molecule has 0 bridgehead atoms. The first-order valence-electron chi connectivity index (χ1n) is 5.23. The summed E-state index contributed by atoms with van der Waals surface area (Å²) in [4.78, 5) is 10.3. The number of aliphatic hydroxyl groups excluding tert-OH is 2. The third kappa shape index (κ3) is 4.67. The van der Waals surface area contributed by atoms with Crippen molar-refractivity contribution in [3.8, 4) is 5.75 Å². The summed E-state index contributed by atoms with van der Waals surface area (Å²) in [6.07, 6.45) is -9.77. The Hall–Kier alpha value is -1.87. The van der Waals surface area contributed by atoms with Crippen molar-refractivity contribution < 1.29 is 42.4 Å². The van der Waals surface area contributed by atoms with Crippen LogP contribution < -0.4 is 4.74 Å². The lowest BCUT2D eigenvalue weighted by molar-refractivity contribution is -0.274. The topological polar surface area (TPSA) is 87.0 Å². The Balaban J connectivity index is 2.98. The molecule has 20 heavy (non-hydrogen) atoms. The zero-order valence-electron chi connectivity index (χ0n) is 9.76. The van der Waals surface area contributed by atoms with Gasteiger partial charge in [0.05, 0.1) is 12.5 Å². The number of rotatable bonds is 5. The Kier molecular flexibility index (Phi) is 4.90. The Morgan fingerprint density at radius 2 is 1.90 bits per heavy atom. The molecular weight excluding hydrogens is 288 g/mol. The average Bonchev–Trinajstić information content (AvgIpc) is 2.28. The number of benzene rings is 1. The highest BCUT2D eigenvalue weighted by Crippen LogP contribution is 2.29. The van der Waals surface area contributed by atoms with Gasteiger partial charge in [0.2, 0.25) is 0 Å². The monoisotopic (exact) mass is 298 g/mol. The lowest BCUT2D eigenvalue weighted by atomic mass is 10.0. The van der Waals surface area contributed by atoms with Crippen LogP contribution in [0.5, 0.6) is 5.75 Å². The standard InChI is InChI=1S/C11H10F4O5/c12-7-2-1-5(20-11(13,14)15)3-6(7)10(19)8(16)4-9(17)18/h1-3,8,10,16,19H,4H2,(H,17,18). The molecule has 5 nitrogen and oxygen atoms in total. The quantitative estimate of drug-likeness (QED) is 0.719. The molecule has 0 saturated heterocycles. The summed E-state index contributed by atoms with van der Waals surface area (Å²) in [7, 11) is 0. The molecule has 1 rings (SSSR count). The van der Waals surface area contributed by atoms with Gasteiger partial charge in [0.25, 0.3) is 0 Å². The molecule has 0 saturated carbocycles. The largest absolute Gasteiger partial charge is 0.573 e. The normalized spacial score (nSPS) is 14.7. The van der Waals surface area contributed by atoms with Crippen molar-refractivity contribution in [3.63, 3.8) is 0 Å². The number of carboxylic acids is 1. The van der Waals surface area contributed by atoms with Crippen LogP contribution in [-0.2, 0) is 4.79 Å². The van der Waals surface area contributed by atoms with Crippen LogP contribution >= 0.6 is 0 Å². The average molecular weight is 298 g/mol. The van der Waals surface area contributed by atoms with Gasteiger partial charge in [-0.05, 0) is 18.2 Å². The maximum atomic E-state index is 13.4. The van der Waals surface area contributed by atoms with Crippen LogP contribution in [0.3, 0.4) is 0 Å². The smallest absolute Gasteiger partial charge is 0.481 e. The Morgan fingerprint density at radius 1 is 1.30 bits per heavy atom. The Morgan fingerprint density at radius 3 is 2.40 bits per heavy atom. The summed E-state index contributed by atoms with van der Waals surface area (Å²) in [5.74, 6) is -3.36. The second-order valence-electron chi connectivity index (χ2n) is 3.84. The lowest BCUT2D eigenvalue weighted by Crippen LogP contribution is -2.23. The van der Waals surface area contributed by atoms with Crippen molar-refractivity contribution >= 4 is 5.97 Å². The number of ether oxygens (including phenoxy) is 1. The minimum atomic E-state index is -5.00. The van der Waals surface area contributed by atoms with Gasteiger partial charge in [0, 0.05) is 5.56 Å². The van der Waals surface area contributed by atoms with E-state index >= 15 is 0 Å². The van der Waals surface area contributed by atoms with Crippen molar-refractivity contribution in [2.45, 2.75) is 25.0 Å². The van der Waals surface area contributed by atoms with Crippen molar-refractivity contribution in [1.82, 2.24) is 0 Å². The van der Waals surface area contributed by atoms with Crippen molar-refractivity contribution in [3.05, 3.63) is 29.6 Å². The van der Waals surface area contributed by atoms with Crippen LogP contribution in [0, 0.1) is 5.82 Å². The first kappa shape index (κ1) is 16.2. The summed E-state index contributed by atoms with van der Waals surface area (Å²) in [5.41, 5.74) is -0.694. The van der Waals surface area contributed by atoms with Gasteiger partial charge >= 0.3 is 12.3 Å². The SMILES string of the molecule is O=C(O)CC(O)C(O)c1cc(OC(F)(F)F)ccc1F. The number of carboxylic acid groups (broad SMARTS) is 1. The third-order valence-corrected chi connectivity index (χ3v) is 2.27. The summed E-state index contributed by atoms with van der Waals surface area (Å²) >= 11 is 0. The molecule has 0 radical (unpaired) electrons. The van der Waals surface area contributed by atoms with E-state index in [9.17, 15) is 32.6 Å². The number of hydrogen-bond donors (Lipinski definition) is 3. The predicted octanol–water partition coefficient (Wildman–Crippen LogP) is 1.59. The van der Waals surface area contributed by atoms with E-state index in [1.54, 1.807) is 0 Å². The molecule has 2 atom stereocenters. The number of aliphatic hydroxyl groups is 2. The van der Waals surface area contributed by atoms with E-state index < -0.39 is 48.1 Å². The van der Waals surface area contributed by atoms with Gasteiger partial charge in [0.15, 0.2) is 0 Å². The molecule has 2 unspecified atom stereocenters. The van der Waals surface area contributed by atoms with Crippen LogP contribution in [0.25, 0.3) is 0 Å². The fourth-order valence-electron chi connectivity index (χ4n) is 1.44. The molecule has 0 aromatic heterocycles. The van der Waals surface area contributed by atoms with E-state index in [-0.39, 0.29) is 0 Å². The zero-order chi connectivity index (χ0) is 15.5. The predicted molar refractivity (Wildman–Crippen MR) is 56.3 cm³/mol. The van der Waals surface area contributed by atoms with Gasteiger partial charge < -0.3 is 20.1 Å². The van der Waals surface area contributed by atoms with Gasteiger partial charge in [-0.1, -0.05) is 0 Å². The Bertz CT molecular complexity index is 488. The van der Waals surface area contributed by atoms with E-state index in [0.717, 1.165) is 0 Å². The minimum Gasteiger partial charge on any atom is -0.481 e. The number of alkyl halides is 3.